The lowest BCUT2D eigenvalue weighted by atomic mass is 10.1. The zero-order chi connectivity index (χ0) is 14.5. The van der Waals surface area contributed by atoms with Crippen LogP contribution in [0.1, 0.15) is 52.9 Å². The molecule has 1 heterocycles. The summed E-state index contributed by atoms with van der Waals surface area (Å²) in [5.41, 5.74) is 5.69. The number of nitrogens with one attached hydrogen (secondary N) is 1. The van der Waals surface area contributed by atoms with Gasteiger partial charge in [-0.25, -0.2) is 0 Å². The molecule has 0 aromatic carbocycles. The number of piperidine rings is 1. The molecule has 0 amide bonds. The molecule has 1 aliphatic heterocycles. The highest BCUT2D eigenvalue weighted by Gasteiger charge is 2.32. The van der Waals surface area contributed by atoms with Crippen molar-refractivity contribution in [3.8, 4) is 0 Å². The Morgan fingerprint density at radius 2 is 1.95 bits per heavy atom. The average Bonchev–Trinajstić information content (AvgIpc) is 2.35. The molecule has 2 atom stereocenters. The van der Waals surface area contributed by atoms with Crippen LogP contribution < -0.4 is 10.5 Å². The van der Waals surface area contributed by atoms with Gasteiger partial charge in [0, 0.05) is 25.2 Å². The molecule has 6 heteroatoms. The van der Waals surface area contributed by atoms with Gasteiger partial charge in [-0.05, 0) is 38.5 Å². The van der Waals surface area contributed by atoms with Crippen molar-refractivity contribution in [1.82, 2.24) is 9.03 Å². The molecular formula is C13H29N3O2S. The molecule has 5 nitrogen and oxygen atoms in total. The lowest BCUT2D eigenvalue weighted by Gasteiger charge is -2.34. The van der Waals surface area contributed by atoms with E-state index in [0.29, 0.717) is 19.0 Å². The normalized spacial score (nSPS) is 23.7. The Morgan fingerprint density at radius 1 is 1.26 bits per heavy atom. The minimum atomic E-state index is -3.39. The van der Waals surface area contributed by atoms with Gasteiger partial charge in [0.05, 0.1) is 0 Å². The molecular weight excluding hydrogens is 262 g/mol. The molecule has 0 saturated carbocycles. The molecule has 1 rings (SSSR count). The van der Waals surface area contributed by atoms with Gasteiger partial charge in [-0.2, -0.15) is 17.4 Å². The highest BCUT2D eigenvalue weighted by molar-refractivity contribution is 7.87. The van der Waals surface area contributed by atoms with Crippen LogP contribution in [0.25, 0.3) is 0 Å². The number of rotatable bonds is 7. The van der Waals surface area contributed by atoms with Crippen molar-refractivity contribution in [2.24, 2.45) is 11.7 Å². The fourth-order valence-corrected chi connectivity index (χ4v) is 4.21. The van der Waals surface area contributed by atoms with Crippen LogP contribution in [0.15, 0.2) is 0 Å². The Labute approximate surface area is 118 Å². The molecule has 19 heavy (non-hydrogen) atoms. The topological polar surface area (TPSA) is 75.4 Å². The second-order valence-electron chi connectivity index (χ2n) is 5.99. The maximum atomic E-state index is 12.4. The van der Waals surface area contributed by atoms with E-state index in [4.69, 9.17) is 5.73 Å². The summed E-state index contributed by atoms with van der Waals surface area (Å²) >= 11 is 0. The molecule has 1 saturated heterocycles. The number of hydrogen-bond donors (Lipinski definition) is 2. The van der Waals surface area contributed by atoms with Crippen LogP contribution in [0.3, 0.4) is 0 Å². The van der Waals surface area contributed by atoms with Crippen molar-refractivity contribution in [2.45, 2.75) is 65.0 Å². The molecule has 1 aliphatic rings. The van der Waals surface area contributed by atoms with Gasteiger partial charge in [-0.3, -0.25) is 0 Å². The monoisotopic (exact) mass is 291 g/mol. The first-order valence-corrected chi connectivity index (χ1v) is 8.80. The lowest BCUT2D eigenvalue weighted by Crippen LogP contribution is -2.53. The molecule has 2 unspecified atom stereocenters. The summed E-state index contributed by atoms with van der Waals surface area (Å²) in [6, 6.07) is -0.0590. The number of hydrogen-bond acceptors (Lipinski definition) is 3. The van der Waals surface area contributed by atoms with Gasteiger partial charge >= 0.3 is 0 Å². The van der Waals surface area contributed by atoms with E-state index in [0.717, 1.165) is 32.1 Å². The summed E-state index contributed by atoms with van der Waals surface area (Å²) in [7, 11) is -3.39. The van der Waals surface area contributed by atoms with E-state index in [9.17, 15) is 8.42 Å². The quantitative estimate of drug-likeness (QED) is 0.745. The predicted molar refractivity (Wildman–Crippen MR) is 79.0 cm³/mol. The molecule has 1 fully saturated rings. The van der Waals surface area contributed by atoms with Gasteiger partial charge in [0.2, 0.25) is 0 Å². The molecule has 0 aliphatic carbocycles. The Bertz CT molecular complexity index is 357. The third-order valence-corrected chi connectivity index (χ3v) is 5.48. The lowest BCUT2D eigenvalue weighted by molar-refractivity contribution is 0.252. The third-order valence-electron chi connectivity index (χ3n) is 3.68. The maximum absolute atomic E-state index is 12.4. The molecule has 0 spiro atoms. The summed E-state index contributed by atoms with van der Waals surface area (Å²) in [6.07, 6.45) is 4.77. The smallest absolute Gasteiger partial charge is 0.279 e. The van der Waals surface area contributed by atoms with Crippen molar-refractivity contribution < 1.29 is 8.42 Å². The summed E-state index contributed by atoms with van der Waals surface area (Å²) in [6.45, 7) is 7.23. The van der Waals surface area contributed by atoms with Gasteiger partial charge in [0.15, 0.2) is 0 Å². The molecule has 114 valence electrons. The standard InChI is InChI=1S/C13H29N3O2S/c1-11(2)7-8-12(3)15-19(17,18)16-9-5-4-6-13(16)10-14/h11-13,15H,4-10,14H2,1-3H3. The minimum Gasteiger partial charge on any atom is -0.329 e. The molecule has 0 aromatic rings. The first-order valence-electron chi connectivity index (χ1n) is 7.36. The van der Waals surface area contributed by atoms with E-state index in [2.05, 4.69) is 18.6 Å². The van der Waals surface area contributed by atoms with Crippen LogP contribution in [0.5, 0.6) is 0 Å². The van der Waals surface area contributed by atoms with Crippen molar-refractivity contribution in [2.75, 3.05) is 13.1 Å². The predicted octanol–water partition coefficient (Wildman–Crippen LogP) is 1.46. The van der Waals surface area contributed by atoms with Crippen molar-refractivity contribution in [3.63, 3.8) is 0 Å². The summed E-state index contributed by atoms with van der Waals surface area (Å²) in [5, 5.41) is 0. The van der Waals surface area contributed by atoms with Gasteiger partial charge in [-0.1, -0.05) is 20.3 Å². The number of nitrogens with zero attached hydrogens (tertiary/aromatic N) is 1. The zero-order valence-electron chi connectivity index (χ0n) is 12.4. The third kappa shape index (κ3) is 5.38. The van der Waals surface area contributed by atoms with E-state index >= 15 is 0 Å². The first-order chi connectivity index (χ1) is 8.86. The summed E-state index contributed by atoms with van der Waals surface area (Å²) in [5.74, 6) is 0.596. The van der Waals surface area contributed by atoms with Crippen molar-refractivity contribution in [1.29, 1.82) is 0 Å². The van der Waals surface area contributed by atoms with Crippen LogP contribution in [-0.2, 0) is 10.2 Å². The molecule has 3 N–H and O–H groups in total. The van der Waals surface area contributed by atoms with E-state index in [1.807, 2.05) is 6.92 Å². The Balaban J connectivity index is 2.58. The van der Waals surface area contributed by atoms with Crippen LogP contribution in [0.4, 0.5) is 0 Å². The minimum absolute atomic E-state index is 0.0206. The van der Waals surface area contributed by atoms with Gasteiger partial charge in [0.25, 0.3) is 10.2 Å². The largest absolute Gasteiger partial charge is 0.329 e. The molecule has 0 radical (unpaired) electrons. The van der Waals surface area contributed by atoms with Gasteiger partial charge in [0.1, 0.15) is 0 Å². The fraction of sp³-hybridized carbons (Fsp3) is 1.00. The van der Waals surface area contributed by atoms with Crippen LogP contribution in [0.2, 0.25) is 0 Å². The Kier molecular flexibility index (Phi) is 6.73. The van der Waals surface area contributed by atoms with Crippen LogP contribution in [-0.4, -0.2) is 37.9 Å². The molecule has 0 aromatic heterocycles. The highest BCUT2D eigenvalue weighted by atomic mass is 32.2. The zero-order valence-corrected chi connectivity index (χ0v) is 13.2. The van der Waals surface area contributed by atoms with Gasteiger partial charge < -0.3 is 5.73 Å². The summed E-state index contributed by atoms with van der Waals surface area (Å²) < 4.78 is 29.1. The second kappa shape index (κ2) is 7.57. The van der Waals surface area contributed by atoms with E-state index < -0.39 is 10.2 Å². The van der Waals surface area contributed by atoms with Crippen molar-refractivity contribution in [3.05, 3.63) is 0 Å². The van der Waals surface area contributed by atoms with E-state index in [-0.39, 0.29) is 12.1 Å². The highest BCUT2D eigenvalue weighted by Crippen LogP contribution is 2.19. The van der Waals surface area contributed by atoms with Crippen molar-refractivity contribution >= 4 is 10.2 Å². The summed E-state index contributed by atoms with van der Waals surface area (Å²) in [4.78, 5) is 0. The maximum Gasteiger partial charge on any atom is 0.279 e. The fourth-order valence-electron chi connectivity index (χ4n) is 2.49. The van der Waals surface area contributed by atoms with Crippen LogP contribution >= 0.6 is 0 Å². The van der Waals surface area contributed by atoms with E-state index in [1.165, 1.54) is 0 Å². The van der Waals surface area contributed by atoms with Crippen LogP contribution in [0, 0.1) is 5.92 Å². The number of nitrogens with two attached hydrogens (primary N) is 1. The SMILES string of the molecule is CC(C)CCC(C)NS(=O)(=O)N1CCCCC1CN. The Morgan fingerprint density at radius 3 is 2.53 bits per heavy atom. The van der Waals surface area contributed by atoms with E-state index in [1.54, 1.807) is 4.31 Å². The molecule has 0 bridgehead atoms. The van der Waals surface area contributed by atoms with Gasteiger partial charge in [-0.15, -0.1) is 0 Å². The Hall–Kier alpha value is -0.170. The first kappa shape index (κ1) is 16.9. The second-order valence-corrected chi connectivity index (χ2v) is 7.65. The average molecular weight is 291 g/mol.